The first-order valence-corrected chi connectivity index (χ1v) is 8.99. The summed E-state index contributed by atoms with van der Waals surface area (Å²) in [6.07, 6.45) is -0.881. The maximum atomic E-state index is 13.6. The number of benzene rings is 3. The van der Waals surface area contributed by atoms with E-state index >= 15 is 0 Å². The molecule has 3 N–H and O–H groups in total. The molecule has 0 amide bonds. The van der Waals surface area contributed by atoms with Gasteiger partial charge in [0.05, 0.1) is 11.6 Å². The summed E-state index contributed by atoms with van der Waals surface area (Å²) < 4.78 is 19.4. The molecule has 27 heavy (non-hydrogen) atoms. The average Bonchev–Trinajstić information content (AvgIpc) is 3.05. The van der Waals surface area contributed by atoms with Crippen molar-refractivity contribution in [3.05, 3.63) is 78.1 Å². The molecule has 0 radical (unpaired) electrons. The van der Waals surface area contributed by atoms with E-state index in [0.29, 0.717) is 18.7 Å². The molecule has 0 saturated heterocycles. The van der Waals surface area contributed by atoms with E-state index < -0.39 is 11.9 Å². The van der Waals surface area contributed by atoms with Crippen molar-refractivity contribution in [3.8, 4) is 5.75 Å². The molecule has 5 heteroatoms. The van der Waals surface area contributed by atoms with Crippen LogP contribution in [0.15, 0.2) is 66.7 Å². The van der Waals surface area contributed by atoms with Gasteiger partial charge in [-0.2, -0.15) is 0 Å². The smallest absolute Gasteiger partial charge is 0.129 e. The predicted octanol–water partition coefficient (Wildman–Crippen LogP) is 4.16. The Kier molecular flexibility index (Phi) is 5.05. The lowest BCUT2D eigenvalue weighted by molar-refractivity contribution is 0.167. The normalized spacial score (nSPS) is 12.5. The zero-order valence-corrected chi connectivity index (χ0v) is 14.8. The van der Waals surface area contributed by atoms with Gasteiger partial charge in [-0.05, 0) is 24.3 Å². The van der Waals surface area contributed by atoms with Gasteiger partial charge < -0.3 is 20.1 Å². The van der Waals surface area contributed by atoms with Crippen LogP contribution in [0.5, 0.6) is 5.75 Å². The Morgan fingerprint density at radius 2 is 1.74 bits per heavy atom. The topological polar surface area (TPSA) is 57.3 Å². The number of ether oxygens (including phenoxy) is 1. The van der Waals surface area contributed by atoms with Gasteiger partial charge in [-0.3, -0.25) is 0 Å². The summed E-state index contributed by atoms with van der Waals surface area (Å²) in [5, 5.41) is 15.5. The highest BCUT2D eigenvalue weighted by atomic mass is 19.1. The second-order valence-corrected chi connectivity index (χ2v) is 6.47. The Morgan fingerprint density at radius 3 is 2.63 bits per heavy atom. The lowest BCUT2D eigenvalue weighted by Gasteiger charge is -2.13. The van der Waals surface area contributed by atoms with Gasteiger partial charge in [-0.25, -0.2) is 4.39 Å². The third-order valence-corrected chi connectivity index (χ3v) is 4.63. The van der Waals surface area contributed by atoms with Crippen molar-refractivity contribution in [2.75, 3.05) is 19.7 Å². The number of para-hydroxylation sites is 1. The van der Waals surface area contributed by atoms with Crippen molar-refractivity contribution in [3.63, 3.8) is 0 Å². The summed E-state index contributed by atoms with van der Waals surface area (Å²) in [7, 11) is 0. The first-order valence-electron chi connectivity index (χ1n) is 8.99. The molecule has 4 rings (SSSR count). The fraction of sp³-hybridized carbons (Fsp3) is 0.182. The fourth-order valence-electron chi connectivity index (χ4n) is 3.26. The molecule has 1 heterocycles. The van der Waals surface area contributed by atoms with E-state index in [2.05, 4.69) is 28.5 Å². The van der Waals surface area contributed by atoms with Gasteiger partial charge in [0.25, 0.3) is 0 Å². The van der Waals surface area contributed by atoms with E-state index in [-0.39, 0.29) is 6.54 Å². The summed E-state index contributed by atoms with van der Waals surface area (Å²) in [5.74, 6) is 0.389. The van der Waals surface area contributed by atoms with Crippen LogP contribution in [0.1, 0.15) is 11.7 Å². The third kappa shape index (κ3) is 3.79. The van der Waals surface area contributed by atoms with Crippen molar-refractivity contribution in [2.45, 2.75) is 6.10 Å². The van der Waals surface area contributed by atoms with Crippen molar-refractivity contribution in [2.24, 2.45) is 0 Å². The van der Waals surface area contributed by atoms with Crippen LogP contribution >= 0.6 is 0 Å². The van der Waals surface area contributed by atoms with Gasteiger partial charge in [-0.15, -0.1) is 0 Å². The average molecular weight is 364 g/mol. The van der Waals surface area contributed by atoms with Crippen LogP contribution in [0.3, 0.4) is 0 Å². The van der Waals surface area contributed by atoms with Crippen LogP contribution in [0.2, 0.25) is 0 Å². The van der Waals surface area contributed by atoms with Gasteiger partial charge in [0.15, 0.2) is 0 Å². The Balaban J connectivity index is 1.30. The Bertz CT molecular complexity index is 1060. The Labute approximate surface area is 156 Å². The number of aliphatic hydroxyl groups excluding tert-OH is 1. The second kappa shape index (κ2) is 7.78. The van der Waals surface area contributed by atoms with Crippen LogP contribution in [0, 0.1) is 5.82 Å². The minimum atomic E-state index is -0.881. The largest absolute Gasteiger partial charge is 0.492 e. The maximum Gasteiger partial charge on any atom is 0.129 e. The molecule has 0 aliphatic rings. The second-order valence-electron chi connectivity index (χ2n) is 6.47. The number of aromatic nitrogens is 1. The minimum Gasteiger partial charge on any atom is -0.492 e. The van der Waals surface area contributed by atoms with Crippen molar-refractivity contribution in [1.29, 1.82) is 0 Å². The number of aliphatic hydroxyl groups is 1. The van der Waals surface area contributed by atoms with Gasteiger partial charge in [-0.1, -0.05) is 36.4 Å². The van der Waals surface area contributed by atoms with Crippen LogP contribution < -0.4 is 10.1 Å². The van der Waals surface area contributed by atoms with Crippen molar-refractivity contribution < 1.29 is 14.2 Å². The predicted molar refractivity (Wildman–Crippen MR) is 106 cm³/mol. The van der Waals surface area contributed by atoms with E-state index in [0.717, 1.165) is 16.8 Å². The van der Waals surface area contributed by atoms with Gasteiger partial charge in [0.1, 0.15) is 18.2 Å². The van der Waals surface area contributed by atoms with Crippen LogP contribution in [0.25, 0.3) is 21.8 Å². The molecule has 3 aromatic carbocycles. The van der Waals surface area contributed by atoms with E-state index in [1.54, 1.807) is 18.2 Å². The highest BCUT2D eigenvalue weighted by molar-refractivity contribution is 6.07. The highest BCUT2D eigenvalue weighted by Gasteiger charge is 2.11. The lowest BCUT2D eigenvalue weighted by atomic mass is 10.1. The quantitative estimate of drug-likeness (QED) is 0.432. The number of rotatable bonds is 7. The molecule has 0 fully saturated rings. The monoisotopic (exact) mass is 364 g/mol. The van der Waals surface area contributed by atoms with Crippen LogP contribution in [0.4, 0.5) is 4.39 Å². The summed E-state index contributed by atoms with van der Waals surface area (Å²) in [6.45, 7) is 1.28. The molecule has 0 aliphatic heterocycles. The van der Waals surface area contributed by atoms with Gasteiger partial charge in [0.2, 0.25) is 0 Å². The molecule has 4 nitrogen and oxygen atoms in total. The summed E-state index contributed by atoms with van der Waals surface area (Å²) in [5.41, 5.74) is 2.44. The molecule has 0 saturated carbocycles. The number of H-pyrrole nitrogens is 1. The fourth-order valence-corrected chi connectivity index (χ4v) is 3.26. The number of aromatic amines is 1. The molecule has 0 aliphatic carbocycles. The van der Waals surface area contributed by atoms with Crippen molar-refractivity contribution in [1.82, 2.24) is 10.3 Å². The zero-order valence-electron chi connectivity index (χ0n) is 14.8. The molecule has 1 aromatic heterocycles. The van der Waals surface area contributed by atoms with Gasteiger partial charge in [0, 0.05) is 41.0 Å². The van der Waals surface area contributed by atoms with E-state index in [9.17, 15) is 9.50 Å². The standard InChI is InChI=1S/C22H21FN2O2/c23-19-7-3-1-6-18(19)22(26)14-24-11-12-27-15-9-10-17-16-5-2-4-8-20(16)25-21(17)13-15/h1-10,13,22,24-26H,11-12,14H2. The third-order valence-electron chi connectivity index (χ3n) is 4.63. The highest BCUT2D eigenvalue weighted by Crippen LogP contribution is 2.28. The number of hydrogen-bond donors (Lipinski definition) is 3. The van der Waals surface area contributed by atoms with E-state index in [4.69, 9.17) is 4.74 Å². The summed E-state index contributed by atoms with van der Waals surface area (Å²) in [4.78, 5) is 3.39. The van der Waals surface area contributed by atoms with Crippen LogP contribution in [-0.4, -0.2) is 29.8 Å². The molecule has 1 unspecified atom stereocenters. The molecule has 0 bridgehead atoms. The minimum absolute atomic E-state index is 0.269. The summed E-state index contributed by atoms with van der Waals surface area (Å²) >= 11 is 0. The molecular formula is C22H21FN2O2. The molecule has 4 aromatic rings. The zero-order chi connectivity index (χ0) is 18.6. The van der Waals surface area contributed by atoms with Gasteiger partial charge >= 0.3 is 0 Å². The number of fused-ring (bicyclic) bond motifs is 3. The SMILES string of the molecule is OC(CNCCOc1ccc2c(c1)[nH]c1ccccc12)c1ccccc1F. The Hall–Kier alpha value is -2.89. The maximum absolute atomic E-state index is 13.6. The number of nitrogens with one attached hydrogen (secondary N) is 2. The Morgan fingerprint density at radius 1 is 0.963 bits per heavy atom. The van der Waals surface area contributed by atoms with E-state index in [1.165, 1.54) is 16.8 Å². The number of halogens is 1. The molecule has 1 atom stereocenters. The first-order chi connectivity index (χ1) is 13.2. The lowest BCUT2D eigenvalue weighted by Crippen LogP contribution is -2.26. The molecular weight excluding hydrogens is 343 g/mol. The van der Waals surface area contributed by atoms with E-state index in [1.807, 2.05) is 24.3 Å². The first kappa shape index (κ1) is 17.5. The molecule has 138 valence electrons. The molecule has 0 spiro atoms. The van der Waals surface area contributed by atoms with Crippen molar-refractivity contribution >= 4 is 21.8 Å². The number of hydrogen-bond acceptors (Lipinski definition) is 3. The van der Waals surface area contributed by atoms with Crippen LogP contribution in [-0.2, 0) is 0 Å². The summed E-state index contributed by atoms with van der Waals surface area (Å²) in [6, 6.07) is 20.5.